The number of nitrogens with one attached hydrogen (secondary N) is 1. The van der Waals surface area contributed by atoms with E-state index in [1.165, 1.54) is 11.3 Å². The third-order valence-electron chi connectivity index (χ3n) is 3.81. The standard InChI is InChI=1S/C10H8N2OS.C6H11NO2/c1-7-9(13)12(10(14)11-7)8-5-3-2-4-6-8;8-7(9)6-4-2-1-3-5-6/h2-6H,1H2,(H,11,14);6H,1-5H2. The summed E-state index contributed by atoms with van der Waals surface area (Å²) in [6, 6.07) is 9.02. The zero-order valence-corrected chi connectivity index (χ0v) is 13.6. The first-order valence-corrected chi connectivity index (χ1v) is 7.94. The Hall–Kier alpha value is -2.28. The van der Waals surface area contributed by atoms with Crippen LogP contribution in [-0.2, 0) is 4.79 Å². The van der Waals surface area contributed by atoms with E-state index in [-0.39, 0.29) is 16.9 Å². The van der Waals surface area contributed by atoms with E-state index in [4.69, 9.17) is 12.2 Å². The fourth-order valence-electron chi connectivity index (χ4n) is 2.57. The van der Waals surface area contributed by atoms with Gasteiger partial charge in [-0.1, -0.05) is 31.2 Å². The Bertz CT molecular complexity index is 612. The van der Waals surface area contributed by atoms with Crippen LogP contribution in [0.5, 0.6) is 0 Å². The van der Waals surface area contributed by atoms with Gasteiger partial charge in [0.05, 0.1) is 11.4 Å². The monoisotopic (exact) mass is 333 g/mol. The van der Waals surface area contributed by atoms with E-state index in [0.29, 0.717) is 10.8 Å². The topological polar surface area (TPSA) is 75.5 Å². The number of carbonyl (C=O) groups excluding carboxylic acids is 1. The van der Waals surface area contributed by atoms with Gasteiger partial charge in [0, 0.05) is 17.8 Å². The van der Waals surface area contributed by atoms with Gasteiger partial charge < -0.3 is 5.32 Å². The molecule has 1 aromatic carbocycles. The molecule has 1 aliphatic heterocycles. The van der Waals surface area contributed by atoms with Crippen molar-refractivity contribution in [3.05, 3.63) is 52.7 Å². The van der Waals surface area contributed by atoms with Crippen LogP contribution in [0.4, 0.5) is 5.69 Å². The second kappa shape index (κ2) is 7.82. The number of carbonyl (C=O) groups is 1. The molecule has 1 aromatic rings. The van der Waals surface area contributed by atoms with Crippen LogP contribution in [0.25, 0.3) is 0 Å². The molecule has 0 atom stereocenters. The third-order valence-corrected chi connectivity index (χ3v) is 4.09. The maximum atomic E-state index is 11.6. The van der Waals surface area contributed by atoms with Crippen LogP contribution in [-0.4, -0.2) is 22.0 Å². The number of para-hydroxylation sites is 1. The Kier molecular flexibility index (Phi) is 5.81. The highest BCUT2D eigenvalue weighted by Crippen LogP contribution is 2.20. The third kappa shape index (κ3) is 4.35. The minimum atomic E-state index is -0.223. The summed E-state index contributed by atoms with van der Waals surface area (Å²) in [7, 11) is 0. The summed E-state index contributed by atoms with van der Waals surface area (Å²) in [4.78, 5) is 23.0. The SMILES string of the molecule is C=C1NC(=S)N(c2ccccc2)C1=O.O=[N+]([O-])C1CCCCC1. The molecular formula is C16H19N3O3S. The number of benzene rings is 1. The normalized spacial score (nSPS) is 18.3. The van der Waals surface area contributed by atoms with Gasteiger partial charge in [-0.2, -0.15) is 0 Å². The lowest BCUT2D eigenvalue weighted by Crippen LogP contribution is -2.30. The number of anilines is 1. The van der Waals surface area contributed by atoms with Gasteiger partial charge in [-0.25, -0.2) is 0 Å². The molecule has 1 saturated heterocycles. The summed E-state index contributed by atoms with van der Waals surface area (Å²) in [5.74, 6) is -0.193. The van der Waals surface area contributed by atoms with Crippen LogP contribution in [0.1, 0.15) is 32.1 Å². The number of nitrogens with zero attached hydrogens (tertiary/aromatic N) is 2. The Morgan fingerprint density at radius 1 is 1.22 bits per heavy atom. The molecular weight excluding hydrogens is 314 g/mol. The fourth-order valence-corrected chi connectivity index (χ4v) is 2.88. The molecule has 2 fully saturated rings. The highest BCUT2D eigenvalue weighted by molar-refractivity contribution is 7.80. The van der Waals surface area contributed by atoms with Crippen LogP contribution in [0.15, 0.2) is 42.6 Å². The predicted molar refractivity (Wildman–Crippen MR) is 92.7 cm³/mol. The lowest BCUT2D eigenvalue weighted by molar-refractivity contribution is -0.526. The van der Waals surface area contributed by atoms with Crippen LogP contribution in [0, 0.1) is 10.1 Å². The van der Waals surface area contributed by atoms with Gasteiger partial charge >= 0.3 is 0 Å². The summed E-state index contributed by atoms with van der Waals surface area (Å²) in [6.45, 7) is 3.57. The van der Waals surface area contributed by atoms with Gasteiger partial charge in [-0.15, -0.1) is 0 Å². The zero-order chi connectivity index (χ0) is 16.8. The first kappa shape index (κ1) is 17.1. The van der Waals surface area contributed by atoms with Crippen molar-refractivity contribution in [3.63, 3.8) is 0 Å². The van der Waals surface area contributed by atoms with E-state index < -0.39 is 0 Å². The van der Waals surface area contributed by atoms with Crippen molar-refractivity contribution in [3.8, 4) is 0 Å². The first-order chi connectivity index (χ1) is 11.0. The van der Waals surface area contributed by atoms with Gasteiger partial charge in [-0.3, -0.25) is 19.8 Å². The summed E-state index contributed by atoms with van der Waals surface area (Å²) >= 11 is 5.01. The van der Waals surface area contributed by atoms with E-state index >= 15 is 0 Å². The van der Waals surface area contributed by atoms with Crippen LogP contribution in [0.2, 0.25) is 0 Å². The molecule has 6 nitrogen and oxygen atoms in total. The minimum absolute atomic E-state index is 0.140. The van der Waals surface area contributed by atoms with E-state index in [0.717, 1.165) is 31.4 Å². The van der Waals surface area contributed by atoms with Crippen molar-refractivity contribution in [2.45, 2.75) is 38.1 Å². The van der Waals surface area contributed by atoms with Gasteiger partial charge in [0.15, 0.2) is 5.11 Å². The summed E-state index contributed by atoms with van der Waals surface area (Å²) in [6.07, 6.45) is 4.88. The van der Waals surface area contributed by atoms with Crippen LogP contribution in [0.3, 0.4) is 0 Å². The number of rotatable bonds is 2. The van der Waals surface area contributed by atoms with Gasteiger partial charge in [0.1, 0.15) is 0 Å². The molecule has 0 aromatic heterocycles. The van der Waals surface area contributed by atoms with E-state index in [1.54, 1.807) is 0 Å². The lowest BCUT2D eigenvalue weighted by Gasteiger charge is -2.13. The molecule has 1 amide bonds. The van der Waals surface area contributed by atoms with E-state index in [9.17, 15) is 14.9 Å². The first-order valence-electron chi connectivity index (χ1n) is 7.53. The fraction of sp³-hybridized carbons (Fsp3) is 0.375. The molecule has 0 radical (unpaired) electrons. The van der Waals surface area contributed by atoms with E-state index in [2.05, 4.69) is 11.9 Å². The average Bonchev–Trinajstić information content (AvgIpc) is 2.82. The second-order valence-electron chi connectivity index (χ2n) is 5.46. The van der Waals surface area contributed by atoms with Gasteiger partial charge in [-0.05, 0) is 37.2 Å². The zero-order valence-electron chi connectivity index (χ0n) is 12.7. The molecule has 0 bridgehead atoms. The lowest BCUT2D eigenvalue weighted by atomic mass is 9.96. The Labute approximate surface area is 140 Å². The van der Waals surface area contributed by atoms with Crippen molar-refractivity contribution in [2.75, 3.05) is 4.90 Å². The van der Waals surface area contributed by atoms with Gasteiger partial charge in [0.2, 0.25) is 6.04 Å². The maximum Gasteiger partial charge on any atom is 0.280 e. The highest BCUT2D eigenvalue weighted by Gasteiger charge is 2.30. The minimum Gasteiger partial charge on any atom is -0.328 e. The molecule has 23 heavy (non-hydrogen) atoms. The number of thiocarbonyl (C=S) groups is 1. The number of hydrogen-bond acceptors (Lipinski definition) is 4. The summed E-state index contributed by atoms with van der Waals surface area (Å²) in [5, 5.41) is 13.3. The average molecular weight is 333 g/mol. The molecule has 1 saturated carbocycles. The quantitative estimate of drug-likeness (QED) is 0.390. The Morgan fingerprint density at radius 3 is 2.26 bits per heavy atom. The number of amides is 1. The highest BCUT2D eigenvalue weighted by atomic mass is 32.1. The van der Waals surface area contributed by atoms with Crippen LogP contribution < -0.4 is 10.2 Å². The molecule has 1 heterocycles. The van der Waals surface area contributed by atoms with Crippen molar-refractivity contribution >= 4 is 28.9 Å². The Balaban J connectivity index is 0.000000185. The molecule has 0 spiro atoms. The smallest absolute Gasteiger partial charge is 0.280 e. The molecule has 7 heteroatoms. The van der Waals surface area contributed by atoms with Crippen molar-refractivity contribution in [1.82, 2.24) is 5.32 Å². The van der Waals surface area contributed by atoms with Crippen molar-refractivity contribution in [2.24, 2.45) is 0 Å². The molecule has 122 valence electrons. The second-order valence-corrected chi connectivity index (χ2v) is 5.85. The molecule has 2 aliphatic rings. The molecule has 1 N–H and O–H groups in total. The predicted octanol–water partition coefficient (Wildman–Crippen LogP) is 3.02. The molecule has 0 unspecified atom stereocenters. The van der Waals surface area contributed by atoms with Gasteiger partial charge in [0.25, 0.3) is 5.91 Å². The summed E-state index contributed by atoms with van der Waals surface area (Å²) < 4.78 is 0. The molecule has 3 rings (SSSR count). The van der Waals surface area contributed by atoms with Crippen LogP contribution >= 0.6 is 12.2 Å². The molecule has 1 aliphatic carbocycles. The van der Waals surface area contributed by atoms with E-state index in [1.807, 2.05) is 30.3 Å². The Morgan fingerprint density at radius 2 is 1.83 bits per heavy atom. The van der Waals surface area contributed by atoms with Crippen molar-refractivity contribution in [1.29, 1.82) is 0 Å². The summed E-state index contributed by atoms with van der Waals surface area (Å²) in [5.41, 5.74) is 1.08. The number of hydrogen-bond donors (Lipinski definition) is 1. The maximum absolute atomic E-state index is 11.6. The largest absolute Gasteiger partial charge is 0.328 e. The van der Waals surface area contributed by atoms with Crippen molar-refractivity contribution < 1.29 is 9.72 Å². The number of nitro groups is 1.